The Labute approximate surface area is 459 Å². The van der Waals surface area contributed by atoms with Crippen LogP contribution in [-0.2, 0) is 32.5 Å². The number of hydrogen-bond donors (Lipinski definition) is 0. The van der Waals surface area contributed by atoms with Gasteiger partial charge in [0.05, 0.1) is 11.0 Å². The van der Waals surface area contributed by atoms with Gasteiger partial charge in [-0.05, 0) is 144 Å². The summed E-state index contributed by atoms with van der Waals surface area (Å²) in [5.74, 6) is 2.40. The highest BCUT2D eigenvalue weighted by atomic mass is 16.5. The molecular weight excluding hydrogens is 937 g/mol. The van der Waals surface area contributed by atoms with Crippen LogP contribution in [0, 0.1) is 0 Å². The third-order valence-corrected chi connectivity index (χ3v) is 15.6. The number of pyridine rings is 1. The van der Waals surface area contributed by atoms with E-state index in [0.717, 1.165) is 50.5 Å². The predicted molar refractivity (Wildman–Crippen MR) is 327 cm³/mol. The molecule has 0 aliphatic heterocycles. The molecule has 0 atom stereocenters. The van der Waals surface area contributed by atoms with E-state index in [2.05, 4.69) is 296 Å². The van der Waals surface area contributed by atoms with Crippen LogP contribution in [0.2, 0.25) is 0 Å². The smallest absolute Gasteiger partial charge is 0.255 e. The van der Waals surface area contributed by atoms with Crippen LogP contribution in [0.4, 0.5) is 0 Å². The summed E-state index contributed by atoms with van der Waals surface area (Å²) in [5.41, 5.74) is 18.8. The van der Waals surface area contributed by atoms with Crippen LogP contribution in [0.5, 0.6) is 11.5 Å². The molecule has 394 valence electrons. The summed E-state index contributed by atoms with van der Waals surface area (Å²) < 4.78 is 14.0. The summed E-state index contributed by atoms with van der Waals surface area (Å²) in [6, 6.07) is 56.3. The molecule has 3 aromatic heterocycles. The van der Waals surface area contributed by atoms with E-state index >= 15 is 0 Å². The molecule has 0 spiro atoms. The number of rotatable bonds is 7. The molecule has 10 aromatic rings. The molecular formula is C72H81N4O+. The highest BCUT2D eigenvalue weighted by Crippen LogP contribution is 2.47. The van der Waals surface area contributed by atoms with Crippen molar-refractivity contribution < 1.29 is 9.30 Å². The third-order valence-electron chi connectivity index (χ3n) is 15.6. The molecule has 77 heavy (non-hydrogen) atoms. The highest BCUT2D eigenvalue weighted by Gasteiger charge is 2.34. The van der Waals surface area contributed by atoms with Gasteiger partial charge in [0.2, 0.25) is 0 Å². The molecule has 5 nitrogen and oxygen atoms in total. The Hall–Kier alpha value is -7.24. The molecule has 0 fully saturated rings. The molecule has 0 amide bonds. The second-order valence-electron chi connectivity index (χ2n) is 27.8. The fraction of sp³-hybridized carbons (Fsp3) is 0.333. The quantitative estimate of drug-likeness (QED) is 0.149. The standard InChI is InChI=1S/C72H81N4O/c1-67(2,3)46-30-34-59(71(13,14)15)55(38-46)57-40-49(70(10,11)12)41-58(56-39-47(68(4,5)6)31-35-60(56)72(16,17)18)66(57)75-45-74(62-28-21-22-29-63(62)75)50-24-23-25-51(43-50)77-52-32-33-54-53-26-19-20-27-61(53)76(64(54)44-52)65-42-48(36-37-73-65)69(7,8)9/h19-45H,1-18H3/q+1. The minimum Gasteiger partial charge on any atom is -0.457 e. The van der Waals surface area contributed by atoms with Gasteiger partial charge in [0, 0.05) is 40.2 Å². The zero-order chi connectivity index (χ0) is 55.4. The molecule has 0 aliphatic carbocycles. The van der Waals surface area contributed by atoms with E-state index in [1.165, 1.54) is 66.7 Å². The summed E-state index contributed by atoms with van der Waals surface area (Å²) in [4.78, 5) is 4.94. The number of hydrogen-bond acceptors (Lipinski definition) is 2. The predicted octanol–water partition coefficient (Wildman–Crippen LogP) is 19.3. The minimum absolute atomic E-state index is 0.0246. The molecule has 0 unspecified atom stereocenters. The summed E-state index contributed by atoms with van der Waals surface area (Å²) in [6.07, 6.45) is 4.25. The van der Waals surface area contributed by atoms with Gasteiger partial charge in [0.25, 0.3) is 6.33 Å². The van der Waals surface area contributed by atoms with Gasteiger partial charge in [0.1, 0.15) is 28.7 Å². The molecule has 10 rings (SSSR count). The van der Waals surface area contributed by atoms with E-state index in [-0.39, 0.29) is 32.5 Å². The van der Waals surface area contributed by atoms with Crippen LogP contribution in [0.15, 0.2) is 164 Å². The Kier molecular flexibility index (Phi) is 12.9. The van der Waals surface area contributed by atoms with Gasteiger partial charge >= 0.3 is 0 Å². The van der Waals surface area contributed by atoms with Crippen LogP contribution < -0.4 is 9.30 Å². The van der Waals surface area contributed by atoms with E-state index in [4.69, 9.17) is 9.72 Å². The number of fused-ring (bicyclic) bond motifs is 4. The number of para-hydroxylation sites is 3. The lowest BCUT2D eigenvalue weighted by molar-refractivity contribution is -0.566. The van der Waals surface area contributed by atoms with E-state index in [1.54, 1.807) is 0 Å². The van der Waals surface area contributed by atoms with E-state index < -0.39 is 0 Å². The summed E-state index contributed by atoms with van der Waals surface area (Å²) in [7, 11) is 0. The summed E-state index contributed by atoms with van der Waals surface area (Å²) >= 11 is 0. The number of benzene rings is 7. The van der Waals surface area contributed by atoms with Crippen molar-refractivity contribution in [2.45, 2.75) is 157 Å². The highest BCUT2D eigenvalue weighted by molar-refractivity contribution is 6.09. The van der Waals surface area contributed by atoms with Gasteiger partial charge in [-0.1, -0.05) is 197 Å². The average molecular weight is 1020 g/mol. The molecule has 7 aromatic carbocycles. The Morgan fingerprint density at radius 3 is 1.47 bits per heavy atom. The maximum Gasteiger partial charge on any atom is 0.255 e. The van der Waals surface area contributed by atoms with Gasteiger partial charge < -0.3 is 4.74 Å². The fourth-order valence-electron chi connectivity index (χ4n) is 11.1. The van der Waals surface area contributed by atoms with Crippen LogP contribution in [0.1, 0.15) is 158 Å². The van der Waals surface area contributed by atoms with Crippen molar-refractivity contribution in [1.29, 1.82) is 0 Å². The van der Waals surface area contributed by atoms with Gasteiger partial charge in [-0.25, -0.2) is 4.98 Å². The molecule has 0 saturated carbocycles. The van der Waals surface area contributed by atoms with Crippen molar-refractivity contribution in [1.82, 2.24) is 14.1 Å². The first kappa shape index (κ1) is 53.2. The molecule has 3 heterocycles. The van der Waals surface area contributed by atoms with E-state index in [9.17, 15) is 0 Å². The molecule has 5 heteroatoms. The van der Waals surface area contributed by atoms with Crippen molar-refractivity contribution in [2.24, 2.45) is 0 Å². The molecule has 0 bridgehead atoms. The second-order valence-corrected chi connectivity index (χ2v) is 27.8. The number of ether oxygens (including phenoxy) is 1. The van der Waals surface area contributed by atoms with Crippen LogP contribution in [0.25, 0.3) is 72.3 Å². The normalized spacial score (nSPS) is 13.1. The molecule has 0 N–H and O–H groups in total. The lowest BCUT2D eigenvalue weighted by Gasteiger charge is -2.31. The van der Waals surface area contributed by atoms with Crippen molar-refractivity contribution in [3.05, 3.63) is 198 Å². The van der Waals surface area contributed by atoms with Gasteiger partial charge in [0.15, 0.2) is 11.0 Å². The van der Waals surface area contributed by atoms with Gasteiger partial charge in [-0.15, -0.1) is 0 Å². The zero-order valence-electron chi connectivity index (χ0n) is 49.3. The first-order valence-electron chi connectivity index (χ1n) is 27.8. The van der Waals surface area contributed by atoms with Crippen molar-refractivity contribution >= 4 is 32.8 Å². The van der Waals surface area contributed by atoms with Crippen LogP contribution >= 0.6 is 0 Å². The maximum atomic E-state index is 6.93. The zero-order valence-corrected chi connectivity index (χ0v) is 49.3. The molecule has 0 aliphatic rings. The topological polar surface area (TPSA) is 35.9 Å². The number of aromatic nitrogens is 4. The first-order chi connectivity index (χ1) is 36.0. The Balaban J connectivity index is 1.21. The fourth-order valence-corrected chi connectivity index (χ4v) is 11.1. The van der Waals surface area contributed by atoms with E-state index in [1.807, 2.05) is 6.20 Å². The van der Waals surface area contributed by atoms with Crippen LogP contribution in [0.3, 0.4) is 0 Å². The van der Waals surface area contributed by atoms with Crippen molar-refractivity contribution in [3.63, 3.8) is 0 Å². The van der Waals surface area contributed by atoms with Crippen LogP contribution in [-0.4, -0.2) is 14.1 Å². The van der Waals surface area contributed by atoms with Crippen molar-refractivity contribution in [2.75, 3.05) is 0 Å². The monoisotopic (exact) mass is 1020 g/mol. The SMILES string of the molecule is CC(C)(C)c1ccnc(-n2c3ccccc3c3ccc(Oc4cccc(-n5c[n+](-c6c(-c7cc(C(C)(C)C)ccc7C(C)(C)C)cc(C(C)(C)C)cc6-c6cc(C(C)(C)C)ccc6C(C)(C)C)c6ccccc65)c4)cc32)c1. The van der Waals surface area contributed by atoms with E-state index in [0.29, 0.717) is 0 Å². The Morgan fingerprint density at radius 2 is 0.896 bits per heavy atom. The number of imidazole rings is 1. The Morgan fingerprint density at radius 1 is 0.390 bits per heavy atom. The third kappa shape index (κ3) is 10.2. The van der Waals surface area contributed by atoms with Gasteiger partial charge in [-0.2, -0.15) is 9.13 Å². The first-order valence-corrected chi connectivity index (χ1v) is 27.8. The second kappa shape index (κ2) is 18.7. The number of nitrogens with zero attached hydrogens (tertiary/aromatic N) is 4. The molecule has 0 radical (unpaired) electrons. The minimum atomic E-state index is -0.149. The summed E-state index contributed by atoms with van der Waals surface area (Å²) in [6.45, 7) is 41.9. The van der Waals surface area contributed by atoms with Gasteiger partial charge in [-0.3, -0.25) is 4.57 Å². The average Bonchev–Trinajstić information content (AvgIpc) is 3.98. The van der Waals surface area contributed by atoms with Crippen molar-refractivity contribution in [3.8, 4) is 50.9 Å². The summed E-state index contributed by atoms with van der Waals surface area (Å²) in [5, 5.41) is 2.33. The lowest BCUT2D eigenvalue weighted by atomic mass is 9.74. The lowest BCUT2D eigenvalue weighted by Crippen LogP contribution is -2.32. The molecule has 0 saturated heterocycles. The maximum absolute atomic E-state index is 6.93. The largest absolute Gasteiger partial charge is 0.457 e. The Bertz CT molecular complexity index is 3790.